The molecule has 3 aromatic carbocycles. The largest absolute Gasteiger partial charge is 0.358 e. The van der Waals surface area contributed by atoms with Gasteiger partial charge in [-0.1, -0.05) is 78.4 Å². The lowest BCUT2D eigenvalue weighted by Gasteiger charge is -2.14. The quantitative estimate of drug-likeness (QED) is 0.195. The van der Waals surface area contributed by atoms with Gasteiger partial charge in [-0.15, -0.1) is 0 Å². The molecule has 0 amide bonds. The predicted molar refractivity (Wildman–Crippen MR) is 150 cm³/mol. The highest BCUT2D eigenvalue weighted by Crippen LogP contribution is 2.26. The van der Waals surface area contributed by atoms with Crippen LogP contribution in [-0.4, -0.2) is 33.5 Å². The molecule has 5 aromatic rings. The maximum atomic E-state index is 13.8. The Labute approximate surface area is 231 Å². The van der Waals surface area contributed by atoms with Crippen molar-refractivity contribution in [3.8, 4) is 17.3 Å². The minimum atomic E-state index is -4.28. The van der Waals surface area contributed by atoms with Gasteiger partial charge in [-0.25, -0.2) is 9.67 Å². The predicted octanol–water partition coefficient (Wildman–Crippen LogP) is 4.48. The fourth-order valence-corrected chi connectivity index (χ4v) is 5.17. The molecule has 0 N–H and O–H groups in total. The van der Waals surface area contributed by atoms with Gasteiger partial charge in [-0.2, -0.15) is 13.5 Å². The number of hydrogen-bond donors (Lipinski definition) is 0. The number of benzene rings is 3. The molecule has 0 spiro atoms. The third kappa shape index (κ3) is 5.34. The van der Waals surface area contributed by atoms with Crippen molar-refractivity contribution in [1.82, 2.24) is 19.3 Å². The summed E-state index contributed by atoms with van der Waals surface area (Å²) in [6.45, 7) is 3.98. The third-order valence-electron chi connectivity index (χ3n) is 6.34. The Kier molecular flexibility index (Phi) is 7.43. The summed E-state index contributed by atoms with van der Waals surface area (Å²) in [4.78, 5) is 32.0. The van der Waals surface area contributed by atoms with E-state index in [2.05, 4.69) is 10.1 Å². The summed E-state index contributed by atoms with van der Waals surface area (Å²) in [5.41, 5.74) is 1.48. The summed E-state index contributed by atoms with van der Waals surface area (Å²) in [5, 5.41) is 4.14. The van der Waals surface area contributed by atoms with Crippen LogP contribution < -0.4 is 9.74 Å². The number of nitrogens with zero attached hydrogens (tertiary/aromatic N) is 4. The first-order chi connectivity index (χ1) is 19.3. The zero-order valence-corrected chi connectivity index (χ0v) is 22.7. The second-order valence-electron chi connectivity index (χ2n) is 9.10. The van der Waals surface area contributed by atoms with Crippen LogP contribution in [0.1, 0.15) is 34.0 Å². The maximum absolute atomic E-state index is 13.8. The van der Waals surface area contributed by atoms with Gasteiger partial charge in [0.1, 0.15) is 21.8 Å². The van der Waals surface area contributed by atoms with Gasteiger partial charge in [0.2, 0.25) is 11.7 Å². The Morgan fingerprint density at radius 2 is 1.52 bits per heavy atom. The van der Waals surface area contributed by atoms with E-state index in [1.54, 1.807) is 19.1 Å². The van der Waals surface area contributed by atoms with Crippen LogP contribution in [0.2, 0.25) is 0 Å². The van der Waals surface area contributed by atoms with Gasteiger partial charge in [-0.05, 0) is 31.5 Å². The van der Waals surface area contributed by atoms with Crippen LogP contribution in [-0.2, 0) is 23.2 Å². The molecule has 0 fully saturated rings. The minimum Gasteiger partial charge on any atom is -0.358 e. The van der Waals surface area contributed by atoms with Gasteiger partial charge in [-0.3, -0.25) is 14.2 Å². The fourth-order valence-electron chi connectivity index (χ4n) is 4.22. The van der Waals surface area contributed by atoms with E-state index in [1.807, 2.05) is 67.6 Å². The lowest BCUT2D eigenvalue weighted by Crippen LogP contribution is -2.29. The molecule has 0 radical (unpaired) electrons. The molecule has 0 atom stereocenters. The van der Waals surface area contributed by atoms with Gasteiger partial charge in [0.25, 0.3) is 5.56 Å². The molecule has 40 heavy (non-hydrogen) atoms. The van der Waals surface area contributed by atoms with Crippen molar-refractivity contribution in [2.75, 3.05) is 0 Å². The molecule has 0 bridgehead atoms. The van der Waals surface area contributed by atoms with Crippen molar-refractivity contribution in [3.63, 3.8) is 0 Å². The van der Waals surface area contributed by atoms with Gasteiger partial charge in [0, 0.05) is 18.3 Å². The van der Waals surface area contributed by atoms with E-state index < -0.39 is 21.5 Å². The van der Waals surface area contributed by atoms with E-state index in [0.29, 0.717) is 11.4 Å². The Morgan fingerprint density at radius 1 is 0.875 bits per heavy atom. The van der Waals surface area contributed by atoms with Gasteiger partial charge in [0.15, 0.2) is 0 Å². The van der Waals surface area contributed by atoms with Crippen LogP contribution in [0.4, 0.5) is 0 Å². The topological polar surface area (TPSA) is 113 Å². The number of aromatic nitrogens is 4. The molecule has 10 heteroatoms. The monoisotopic (exact) mass is 554 g/mol. The Balaban J connectivity index is 1.59. The Bertz CT molecular complexity index is 1830. The van der Waals surface area contributed by atoms with E-state index in [9.17, 15) is 18.0 Å². The van der Waals surface area contributed by atoms with Crippen LogP contribution in [0.5, 0.6) is 5.88 Å². The van der Waals surface area contributed by atoms with E-state index >= 15 is 0 Å². The van der Waals surface area contributed by atoms with Crippen LogP contribution in [0.3, 0.4) is 0 Å². The first-order valence-corrected chi connectivity index (χ1v) is 14.0. The van der Waals surface area contributed by atoms with Crippen molar-refractivity contribution in [1.29, 1.82) is 0 Å². The first-order valence-electron chi connectivity index (χ1n) is 12.6. The Morgan fingerprint density at radius 3 is 2.17 bits per heavy atom. The Hall–Kier alpha value is -4.83. The normalized spacial score (nSPS) is 11.3. The fraction of sp³-hybridized carbons (Fsp3) is 0.133. The third-order valence-corrected chi connectivity index (χ3v) is 7.57. The van der Waals surface area contributed by atoms with Crippen molar-refractivity contribution >= 4 is 15.9 Å². The zero-order valence-electron chi connectivity index (χ0n) is 21.9. The molecule has 0 unspecified atom stereocenters. The average Bonchev–Trinajstić information content (AvgIpc) is 3.36. The molecule has 0 aliphatic heterocycles. The number of carbonyl (C=O) groups is 1. The van der Waals surface area contributed by atoms with E-state index in [0.717, 1.165) is 11.1 Å². The number of hydrogen-bond acceptors (Lipinski definition) is 7. The van der Waals surface area contributed by atoms with Gasteiger partial charge >= 0.3 is 10.1 Å². The number of carbonyl (C=O) groups excluding carboxylic acids is 1. The zero-order chi connectivity index (χ0) is 28.3. The molecule has 0 saturated carbocycles. The summed E-state index contributed by atoms with van der Waals surface area (Å²) in [6, 6.07) is 24.7. The van der Waals surface area contributed by atoms with Crippen LogP contribution in [0, 0.1) is 6.92 Å². The second kappa shape index (κ2) is 11.1. The lowest BCUT2D eigenvalue weighted by molar-refractivity contribution is 0.103. The van der Waals surface area contributed by atoms with E-state index in [1.165, 1.54) is 33.8 Å². The highest BCUT2D eigenvalue weighted by molar-refractivity contribution is 7.87. The molecule has 5 rings (SSSR count). The highest BCUT2D eigenvalue weighted by Gasteiger charge is 2.28. The van der Waals surface area contributed by atoms with Crippen molar-refractivity contribution in [2.45, 2.75) is 31.8 Å². The molecule has 2 aromatic heterocycles. The van der Waals surface area contributed by atoms with Gasteiger partial charge < -0.3 is 4.18 Å². The standard InChI is InChI=1S/C30H26N4O5S/c1-3-34-30(39-40(37,38)24-16-14-21(2)15-17-24)26(19-32-34)27(35)25-18-31-28(23-12-8-5-9-13-23)33(29(25)36)20-22-10-6-4-7-11-22/h4-19H,3,20H2,1-2H3. The smallest absolute Gasteiger partial charge is 0.340 e. The van der Waals surface area contributed by atoms with Crippen LogP contribution >= 0.6 is 0 Å². The number of rotatable bonds is 9. The number of ketones is 1. The van der Waals surface area contributed by atoms with Crippen LogP contribution in [0.15, 0.2) is 107 Å². The lowest BCUT2D eigenvalue weighted by atomic mass is 10.1. The minimum absolute atomic E-state index is 0.0700. The summed E-state index contributed by atoms with van der Waals surface area (Å²) in [7, 11) is -4.28. The van der Waals surface area contributed by atoms with Gasteiger partial charge in [0.05, 0.1) is 12.7 Å². The highest BCUT2D eigenvalue weighted by atomic mass is 32.2. The molecular weight excluding hydrogens is 528 g/mol. The summed E-state index contributed by atoms with van der Waals surface area (Å²) in [5.74, 6) is -0.615. The second-order valence-corrected chi connectivity index (χ2v) is 10.6. The van der Waals surface area contributed by atoms with Crippen LogP contribution in [0.25, 0.3) is 11.4 Å². The van der Waals surface area contributed by atoms with Crippen molar-refractivity contribution in [3.05, 3.63) is 130 Å². The molecule has 9 nitrogen and oxygen atoms in total. The van der Waals surface area contributed by atoms with Crippen molar-refractivity contribution < 1.29 is 17.4 Å². The molecule has 0 aliphatic carbocycles. The molecule has 0 aliphatic rings. The molecule has 0 saturated heterocycles. The van der Waals surface area contributed by atoms with E-state index in [4.69, 9.17) is 4.18 Å². The molecule has 2 heterocycles. The molecular formula is C30H26N4O5S. The summed E-state index contributed by atoms with van der Waals surface area (Å²) < 4.78 is 34.3. The summed E-state index contributed by atoms with van der Waals surface area (Å²) in [6.07, 6.45) is 2.42. The first kappa shape index (κ1) is 26.8. The SMILES string of the molecule is CCn1ncc(C(=O)c2cnc(-c3ccccc3)n(Cc3ccccc3)c2=O)c1OS(=O)(=O)c1ccc(C)cc1. The average molecular weight is 555 g/mol. The van der Waals surface area contributed by atoms with Crippen molar-refractivity contribution in [2.24, 2.45) is 0 Å². The van der Waals surface area contributed by atoms with E-state index in [-0.39, 0.29) is 35.0 Å². The number of aryl methyl sites for hydroxylation is 2. The molecule has 202 valence electrons. The summed E-state index contributed by atoms with van der Waals surface area (Å²) >= 11 is 0. The maximum Gasteiger partial charge on any atom is 0.340 e.